The van der Waals surface area contributed by atoms with Crippen LogP contribution in [0.1, 0.15) is 6.92 Å². The maximum atomic E-state index is 11.0. The van der Waals surface area contributed by atoms with Gasteiger partial charge in [0.25, 0.3) is 9.85 Å². The lowest BCUT2D eigenvalue weighted by atomic mass is 11.0. The molecule has 1 aromatic heterocycles. The van der Waals surface area contributed by atoms with Gasteiger partial charge in [0.2, 0.25) is 9.84 Å². The largest absolute Gasteiger partial charge is 0.280 e. The molecule has 1 rings (SSSR count). The summed E-state index contributed by atoms with van der Waals surface area (Å²) in [7, 11) is -3.08. The van der Waals surface area contributed by atoms with Gasteiger partial charge in [0.05, 0.1) is 5.75 Å². The Labute approximate surface area is 62.8 Å². The minimum Gasteiger partial charge on any atom is -0.221 e. The van der Waals surface area contributed by atoms with Gasteiger partial charge in [0, 0.05) is 5.10 Å². The summed E-state index contributed by atoms with van der Waals surface area (Å²) in [6.07, 6.45) is 0. The number of nitrogens with zero attached hydrogens (tertiary/aromatic N) is 1. The zero-order valence-corrected chi connectivity index (χ0v) is 7.00. The molecule has 0 saturated heterocycles. The Morgan fingerprint density at radius 2 is 2.50 bits per heavy atom. The molecule has 0 aliphatic rings. The first-order chi connectivity index (χ1) is 4.67. The molecule has 6 heteroatoms. The third kappa shape index (κ3) is 1.32. The highest BCUT2D eigenvalue weighted by molar-refractivity contribution is 7.93. The van der Waals surface area contributed by atoms with Crippen molar-refractivity contribution >= 4 is 21.2 Å². The summed E-state index contributed by atoms with van der Waals surface area (Å²) in [5.74, 6) is 0.106. The van der Waals surface area contributed by atoms with Crippen molar-refractivity contribution in [3.8, 4) is 0 Å². The van der Waals surface area contributed by atoms with Crippen molar-refractivity contribution in [3.05, 3.63) is 5.51 Å². The van der Waals surface area contributed by atoms with Crippen LogP contribution in [-0.4, -0.2) is 19.3 Å². The lowest BCUT2D eigenvalue weighted by Gasteiger charge is -1.87. The predicted molar refractivity (Wildman–Crippen MR) is 36.4 cm³/mol. The Morgan fingerprint density at radius 3 is 2.90 bits per heavy atom. The Kier molecular flexibility index (Phi) is 2.00. The molecule has 0 saturated carbocycles. The first-order valence-corrected chi connectivity index (χ1v) is 5.24. The molecule has 0 atom stereocenters. The average Bonchev–Trinajstić information content (AvgIpc) is 2.38. The first-order valence-electron chi connectivity index (χ1n) is 2.71. The van der Waals surface area contributed by atoms with Crippen LogP contribution in [0.4, 0.5) is 0 Å². The maximum absolute atomic E-state index is 11.0. The van der Waals surface area contributed by atoms with Crippen molar-refractivity contribution < 1.29 is 13.5 Å². The lowest BCUT2D eigenvalue weighted by Crippen LogP contribution is -2.07. The van der Waals surface area contributed by atoms with Crippen LogP contribution in [-0.2, 0) is 9.84 Å². The Morgan fingerprint density at radius 1 is 1.80 bits per heavy atom. The fourth-order valence-electron chi connectivity index (χ4n) is 0.448. The van der Waals surface area contributed by atoms with E-state index in [2.05, 4.69) is 10.2 Å². The number of nitrogens with one attached hydrogen (secondary N) is 1. The number of hydrogen-bond acceptors (Lipinski definition) is 4. The van der Waals surface area contributed by atoms with Gasteiger partial charge in [-0.25, -0.2) is 8.42 Å². The van der Waals surface area contributed by atoms with Crippen LogP contribution >= 0.6 is 11.3 Å². The Hall–Kier alpha value is -0.490. The highest BCUT2D eigenvalue weighted by Gasteiger charge is 2.17. The zero-order valence-electron chi connectivity index (χ0n) is 5.36. The molecule has 10 heavy (non-hydrogen) atoms. The standard InChI is InChI=1S/C4H6N2O2S2/c1-2-10(7,8)4-6-5-3-9-4/h3H,2H2,1H3/p+1. The van der Waals surface area contributed by atoms with Crippen molar-refractivity contribution in [2.45, 2.75) is 11.3 Å². The zero-order chi connectivity index (χ0) is 7.61. The molecule has 1 N–H and O–H groups in total. The van der Waals surface area contributed by atoms with E-state index >= 15 is 0 Å². The molecule has 0 unspecified atom stereocenters. The van der Waals surface area contributed by atoms with E-state index in [9.17, 15) is 8.42 Å². The molecule has 0 aromatic carbocycles. The average molecular weight is 179 g/mol. The lowest BCUT2D eigenvalue weighted by molar-refractivity contribution is -0.451. The van der Waals surface area contributed by atoms with Crippen molar-refractivity contribution in [3.63, 3.8) is 0 Å². The van der Waals surface area contributed by atoms with E-state index < -0.39 is 9.84 Å². The third-order valence-corrected chi connectivity index (χ3v) is 3.96. The number of H-pyrrole nitrogens is 1. The number of aromatic amines is 1. The molecule has 0 radical (unpaired) electrons. The predicted octanol–water partition coefficient (Wildman–Crippen LogP) is -0.249. The highest BCUT2D eigenvalue weighted by atomic mass is 32.2. The van der Waals surface area contributed by atoms with E-state index in [0.29, 0.717) is 0 Å². The molecule has 0 fully saturated rings. The molecule has 56 valence electrons. The van der Waals surface area contributed by atoms with Crippen LogP contribution in [0, 0.1) is 0 Å². The van der Waals surface area contributed by atoms with E-state index in [1.54, 1.807) is 6.92 Å². The normalized spacial score (nSPS) is 11.7. The molecule has 1 heterocycles. The van der Waals surface area contributed by atoms with E-state index in [1.165, 1.54) is 5.51 Å². The van der Waals surface area contributed by atoms with E-state index in [0.717, 1.165) is 11.3 Å². The molecular formula is C4H7N2O2S2+. The van der Waals surface area contributed by atoms with Gasteiger partial charge in [-0.2, -0.15) is 0 Å². The van der Waals surface area contributed by atoms with Crippen LogP contribution in [0.3, 0.4) is 0 Å². The molecule has 0 amide bonds. The van der Waals surface area contributed by atoms with Crippen molar-refractivity contribution in [1.29, 1.82) is 0 Å². The second-order valence-corrected chi connectivity index (χ2v) is 4.96. The fourth-order valence-corrected chi connectivity index (χ4v) is 2.28. The van der Waals surface area contributed by atoms with Crippen molar-refractivity contribution in [1.82, 2.24) is 5.10 Å². The summed E-state index contributed by atoms with van der Waals surface area (Å²) < 4.78 is 22.1. The molecule has 4 nitrogen and oxygen atoms in total. The quantitative estimate of drug-likeness (QED) is 0.629. The second kappa shape index (κ2) is 2.63. The number of hydrogen-bond donors (Lipinski definition) is 0. The van der Waals surface area contributed by atoms with Gasteiger partial charge in [0.1, 0.15) is 0 Å². The van der Waals surface area contributed by atoms with E-state index in [-0.39, 0.29) is 10.1 Å². The summed E-state index contributed by atoms with van der Waals surface area (Å²) in [4.78, 5) is 0. The second-order valence-electron chi connectivity index (χ2n) is 1.65. The van der Waals surface area contributed by atoms with Crippen molar-refractivity contribution in [2.24, 2.45) is 0 Å². The maximum Gasteiger partial charge on any atom is 0.280 e. The summed E-state index contributed by atoms with van der Waals surface area (Å²) in [6.45, 7) is 1.59. The summed E-state index contributed by atoms with van der Waals surface area (Å²) in [6, 6.07) is 0. The summed E-state index contributed by atoms with van der Waals surface area (Å²) >= 11 is 1.10. The van der Waals surface area contributed by atoms with Gasteiger partial charge in [-0.3, -0.25) is 0 Å². The highest BCUT2D eigenvalue weighted by Crippen LogP contribution is 2.09. The summed E-state index contributed by atoms with van der Waals surface area (Å²) in [5, 5.41) is 6.02. The molecule has 0 aliphatic heterocycles. The van der Waals surface area contributed by atoms with Crippen LogP contribution in [0.15, 0.2) is 9.85 Å². The van der Waals surface area contributed by atoms with Gasteiger partial charge in [-0.1, -0.05) is 12.0 Å². The van der Waals surface area contributed by atoms with Crippen LogP contribution in [0.5, 0.6) is 0 Å². The van der Waals surface area contributed by atoms with Gasteiger partial charge >= 0.3 is 0 Å². The Balaban J connectivity index is 3.09. The minimum atomic E-state index is -3.08. The molecule has 0 bridgehead atoms. The SMILES string of the molecule is CCS(=O)(=O)c1n[nH+]cs1. The number of sulfone groups is 1. The molecule has 1 aromatic rings. The number of aromatic nitrogens is 2. The Bertz CT molecular complexity index is 289. The molecule has 0 aliphatic carbocycles. The third-order valence-electron chi connectivity index (χ3n) is 1.01. The molecule has 0 spiro atoms. The first kappa shape index (κ1) is 7.62. The van der Waals surface area contributed by atoms with Gasteiger partial charge in [-0.15, -0.1) is 0 Å². The molecular weight excluding hydrogens is 172 g/mol. The van der Waals surface area contributed by atoms with Gasteiger partial charge in [-0.05, 0) is 11.3 Å². The van der Waals surface area contributed by atoms with Gasteiger partial charge < -0.3 is 0 Å². The van der Waals surface area contributed by atoms with E-state index in [4.69, 9.17) is 0 Å². The van der Waals surface area contributed by atoms with Gasteiger partial charge in [0.15, 0.2) is 0 Å². The fraction of sp³-hybridized carbons (Fsp3) is 0.500. The van der Waals surface area contributed by atoms with Crippen LogP contribution < -0.4 is 5.10 Å². The summed E-state index contributed by atoms with van der Waals surface area (Å²) in [5.41, 5.74) is 1.53. The van der Waals surface area contributed by atoms with Crippen LogP contribution in [0.2, 0.25) is 0 Å². The smallest absolute Gasteiger partial charge is 0.221 e. The van der Waals surface area contributed by atoms with Crippen LogP contribution in [0.25, 0.3) is 0 Å². The monoisotopic (exact) mass is 179 g/mol. The topological polar surface area (TPSA) is 61.2 Å². The van der Waals surface area contributed by atoms with E-state index in [1.807, 2.05) is 0 Å². The number of rotatable bonds is 2. The van der Waals surface area contributed by atoms with Crippen molar-refractivity contribution in [2.75, 3.05) is 5.75 Å². The minimum absolute atomic E-state index is 0.106.